The van der Waals surface area contributed by atoms with Crippen LogP contribution < -0.4 is 5.69 Å². The third kappa shape index (κ3) is 1.73. The third-order valence-corrected chi connectivity index (χ3v) is 3.64. The predicted molar refractivity (Wildman–Crippen MR) is 66.3 cm³/mol. The van der Waals surface area contributed by atoms with Crippen molar-refractivity contribution in [3.05, 3.63) is 28.7 Å². The molecule has 1 saturated carbocycles. The molecule has 0 amide bonds. The van der Waals surface area contributed by atoms with E-state index in [1.807, 2.05) is 10.6 Å². The minimum atomic E-state index is -0.0579. The Labute approximate surface area is 98.9 Å². The van der Waals surface area contributed by atoms with Gasteiger partial charge in [-0.3, -0.25) is 4.57 Å². The minimum absolute atomic E-state index is 0.0579. The monoisotopic (exact) mass is 232 g/mol. The molecule has 1 aliphatic carbocycles. The molecule has 90 valence electrons. The zero-order valence-electron chi connectivity index (χ0n) is 9.65. The van der Waals surface area contributed by atoms with E-state index in [4.69, 9.17) is 0 Å². The van der Waals surface area contributed by atoms with Crippen molar-refractivity contribution in [3.63, 3.8) is 0 Å². The summed E-state index contributed by atoms with van der Waals surface area (Å²) in [4.78, 5) is 14.8. The molecule has 0 aliphatic heterocycles. The van der Waals surface area contributed by atoms with Crippen LogP contribution in [0.4, 0.5) is 0 Å². The van der Waals surface area contributed by atoms with Crippen LogP contribution in [-0.2, 0) is 0 Å². The molecule has 0 radical (unpaired) electrons. The fraction of sp³-hybridized carbons (Fsp3) is 0.462. The summed E-state index contributed by atoms with van der Waals surface area (Å²) in [6.07, 6.45) is 5.82. The lowest BCUT2D eigenvalue weighted by atomic mass is 9.95. The van der Waals surface area contributed by atoms with E-state index >= 15 is 0 Å². The van der Waals surface area contributed by atoms with Crippen LogP contribution in [0.1, 0.15) is 38.1 Å². The normalized spacial score (nSPS) is 17.6. The molecule has 17 heavy (non-hydrogen) atoms. The zero-order valence-corrected chi connectivity index (χ0v) is 9.65. The second kappa shape index (κ2) is 3.95. The first-order valence-electron chi connectivity index (χ1n) is 6.19. The average molecular weight is 232 g/mol. The number of hydrogen-bond acceptors (Lipinski definition) is 2. The Morgan fingerprint density at radius 1 is 1.24 bits per heavy atom. The summed E-state index contributed by atoms with van der Waals surface area (Å²) in [6.45, 7) is 0. The number of fused-ring (bicyclic) bond motifs is 1. The van der Waals surface area contributed by atoms with Crippen LogP contribution in [0.25, 0.3) is 11.0 Å². The molecule has 1 aromatic carbocycles. The van der Waals surface area contributed by atoms with E-state index in [-0.39, 0.29) is 11.4 Å². The molecular formula is C13H16N2O2. The van der Waals surface area contributed by atoms with Gasteiger partial charge < -0.3 is 10.1 Å². The first kappa shape index (κ1) is 10.4. The summed E-state index contributed by atoms with van der Waals surface area (Å²) in [5.41, 5.74) is 1.57. The molecule has 1 heterocycles. The molecule has 3 rings (SSSR count). The van der Waals surface area contributed by atoms with E-state index in [0.717, 1.165) is 23.9 Å². The van der Waals surface area contributed by atoms with E-state index in [1.165, 1.54) is 19.3 Å². The standard InChI is InChI=1S/C13H16N2O2/c16-10-6-7-12-11(8-10)14-13(17)15(12)9-4-2-1-3-5-9/h6-9,16H,1-5H2,(H,14,17). The number of H-pyrrole nitrogens is 1. The molecular weight excluding hydrogens is 216 g/mol. The highest BCUT2D eigenvalue weighted by Gasteiger charge is 2.19. The van der Waals surface area contributed by atoms with Crippen molar-refractivity contribution in [2.45, 2.75) is 38.1 Å². The number of rotatable bonds is 1. The SMILES string of the molecule is O=c1[nH]c2cc(O)ccc2n1C1CCCCC1. The van der Waals surface area contributed by atoms with Gasteiger partial charge in [-0.05, 0) is 25.0 Å². The number of hydrogen-bond donors (Lipinski definition) is 2. The van der Waals surface area contributed by atoms with Gasteiger partial charge >= 0.3 is 5.69 Å². The first-order valence-corrected chi connectivity index (χ1v) is 6.19. The first-order chi connectivity index (χ1) is 8.25. The van der Waals surface area contributed by atoms with Crippen molar-refractivity contribution in [1.82, 2.24) is 9.55 Å². The van der Waals surface area contributed by atoms with E-state index in [0.29, 0.717) is 6.04 Å². The van der Waals surface area contributed by atoms with Gasteiger partial charge in [-0.2, -0.15) is 0 Å². The molecule has 4 heteroatoms. The second-order valence-corrected chi connectivity index (χ2v) is 4.79. The van der Waals surface area contributed by atoms with Crippen LogP contribution in [0.15, 0.2) is 23.0 Å². The summed E-state index contributed by atoms with van der Waals surface area (Å²) in [5, 5.41) is 9.41. The maximum absolute atomic E-state index is 12.0. The number of aromatic nitrogens is 2. The Bertz CT molecular complexity index is 591. The smallest absolute Gasteiger partial charge is 0.326 e. The maximum Gasteiger partial charge on any atom is 0.326 e. The molecule has 2 N–H and O–H groups in total. The molecule has 0 spiro atoms. The van der Waals surface area contributed by atoms with Gasteiger partial charge in [-0.15, -0.1) is 0 Å². The van der Waals surface area contributed by atoms with Crippen LogP contribution in [0.3, 0.4) is 0 Å². The lowest BCUT2D eigenvalue weighted by molar-refractivity contribution is 0.353. The Morgan fingerprint density at radius 3 is 2.76 bits per heavy atom. The van der Waals surface area contributed by atoms with Gasteiger partial charge in [0.1, 0.15) is 5.75 Å². The van der Waals surface area contributed by atoms with Crippen molar-refractivity contribution in [3.8, 4) is 5.75 Å². The highest BCUT2D eigenvalue weighted by Crippen LogP contribution is 2.29. The molecule has 1 aliphatic rings. The Morgan fingerprint density at radius 2 is 2.00 bits per heavy atom. The Hall–Kier alpha value is -1.71. The second-order valence-electron chi connectivity index (χ2n) is 4.79. The van der Waals surface area contributed by atoms with E-state index in [1.54, 1.807) is 12.1 Å². The number of nitrogens with zero attached hydrogens (tertiary/aromatic N) is 1. The van der Waals surface area contributed by atoms with Crippen LogP contribution in [0.5, 0.6) is 5.75 Å². The maximum atomic E-state index is 12.0. The zero-order chi connectivity index (χ0) is 11.8. The van der Waals surface area contributed by atoms with Gasteiger partial charge in [0, 0.05) is 12.1 Å². The lowest BCUT2D eigenvalue weighted by Crippen LogP contribution is -2.23. The number of imidazole rings is 1. The van der Waals surface area contributed by atoms with E-state index in [2.05, 4.69) is 4.98 Å². The summed E-state index contributed by atoms with van der Waals surface area (Å²) >= 11 is 0. The molecule has 0 saturated heterocycles. The molecule has 1 fully saturated rings. The van der Waals surface area contributed by atoms with Crippen LogP contribution in [0.2, 0.25) is 0 Å². The average Bonchev–Trinajstić information content (AvgIpc) is 2.65. The fourth-order valence-electron chi connectivity index (χ4n) is 2.82. The largest absolute Gasteiger partial charge is 0.508 e. The highest BCUT2D eigenvalue weighted by atomic mass is 16.3. The molecule has 0 atom stereocenters. The van der Waals surface area contributed by atoms with Gasteiger partial charge in [-0.25, -0.2) is 4.79 Å². The van der Waals surface area contributed by atoms with Gasteiger partial charge in [0.05, 0.1) is 11.0 Å². The summed E-state index contributed by atoms with van der Waals surface area (Å²) in [5.74, 6) is 0.189. The van der Waals surface area contributed by atoms with Crippen LogP contribution in [-0.4, -0.2) is 14.7 Å². The van der Waals surface area contributed by atoms with Gasteiger partial charge in [-0.1, -0.05) is 19.3 Å². The number of phenols is 1. The van der Waals surface area contributed by atoms with E-state index in [9.17, 15) is 9.90 Å². The van der Waals surface area contributed by atoms with Gasteiger partial charge in [0.15, 0.2) is 0 Å². The van der Waals surface area contributed by atoms with E-state index < -0.39 is 0 Å². The van der Waals surface area contributed by atoms with Crippen LogP contribution in [0, 0.1) is 0 Å². The number of aromatic amines is 1. The lowest BCUT2D eigenvalue weighted by Gasteiger charge is -2.22. The quantitative estimate of drug-likeness (QED) is 0.793. The molecule has 0 bridgehead atoms. The number of aromatic hydroxyl groups is 1. The number of nitrogens with one attached hydrogen (secondary N) is 1. The topological polar surface area (TPSA) is 58.0 Å². The Kier molecular flexibility index (Phi) is 2.42. The minimum Gasteiger partial charge on any atom is -0.508 e. The third-order valence-electron chi connectivity index (χ3n) is 3.64. The number of benzene rings is 1. The van der Waals surface area contributed by atoms with Crippen molar-refractivity contribution >= 4 is 11.0 Å². The summed E-state index contributed by atoms with van der Waals surface area (Å²) in [7, 11) is 0. The molecule has 2 aromatic rings. The number of phenolic OH excluding ortho intramolecular Hbond substituents is 1. The van der Waals surface area contributed by atoms with Crippen molar-refractivity contribution < 1.29 is 5.11 Å². The molecule has 0 unspecified atom stereocenters. The van der Waals surface area contributed by atoms with Gasteiger partial charge in [0.2, 0.25) is 0 Å². The van der Waals surface area contributed by atoms with Crippen molar-refractivity contribution in [2.24, 2.45) is 0 Å². The van der Waals surface area contributed by atoms with Gasteiger partial charge in [0.25, 0.3) is 0 Å². The van der Waals surface area contributed by atoms with Crippen molar-refractivity contribution in [2.75, 3.05) is 0 Å². The summed E-state index contributed by atoms with van der Waals surface area (Å²) in [6, 6.07) is 5.37. The Balaban J connectivity index is 2.14. The fourth-order valence-corrected chi connectivity index (χ4v) is 2.82. The van der Waals surface area contributed by atoms with Crippen molar-refractivity contribution in [1.29, 1.82) is 0 Å². The summed E-state index contributed by atoms with van der Waals surface area (Å²) < 4.78 is 1.86. The molecule has 1 aromatic heterocycles. The highest BCUT2D eigenvalue weighted by molar-refractivity contribution is 5.77. The van der Waals surface area contributed by atoms with Crippen LogP contribution >= 0.6 is 0 Å². The predicted octanol–water partition coefficient (Wildman–Crippen LogP) is 2.54. The molecule has 4 nitrogen and oxygen atoms in total.